The van der Waals surface area contributed by atoms with E-state index in [4.69, 9.17) is 9.26 Å². The second kappa shape index (κ2) is 7.46. The predicted molar refractivity (Wildman–Crippen MR) is 94.7 cm³/mol. The highest BCUT2D eigenvalue weighted by atomic mass is 32.2. The molecule has 2 aromatic rings. The molecule has 0 aliphatic carbocycles. The summed E-state index contributed by atoms with van der Waals surface area (Å²) in [5.74, 6) is 0.894. The SMILES string of the molecule is COc1ccc(N2CCCC2=O)cc1S(=O)(=O)NCCc1cc(C)on1. The van der Waals surface area contributed by atoms with Gasteiger partial charge in [-0.3, -0.25) is 4.79 Å². The predicted octanol–water partition coefficient (Wildman–Crippen LogP) is 1.64. The van der Waals surface area contributed by atoms with E-state index >= 15 is 0 Å². The van der Waals surface area contributed by atoms with E-state index in [1.807, 2.05) is 0 Å². The number of aromatic nitrogens is 1. The molecule has 1 aromatic heterocycles. The van der Waals surface area contributed by atoms with Gasteiger partial charge in [-0.25, -0.2) is 13.1 Å². The standard InChI is InChI=1S/C17H21N3O5S/c1-12-10-13(19-25-12)7-8-18-26(22,23)16-11-14(5-6-15(16)24-2)20-9-3-4-17(20)21/h5-6,10-11,18H,3-4,7-9H2,1-2H3. The minimum absolute atomic E-state index is 0.00660. The summed E-state index contributed by atoms with van der Waals surface area (Å²) < 4.78 is 38.1. The quantitative estimate of drug-likeness (QED) is 0.785. The van der Waals surface area contributed by atoms with Crippen LogP contribution in [0.15, 0.2) is 33.7 Å². The Kier molecular flexibility index (Phi) is 5.28. The number of rotatable bonds is 7. The molecule has 1 amide bonds. The Hall–Kier alpha value is -2.39. The van der Waals surface area contributed by atoms with Crippen LogP contribution in [-0.4, -0.2) is 39.7 Å². The Balaban J connectivity index is 1.79. The fraction of sp³-hybridized carbons (Fsp3) is 0.412. The number of methoxy groups -OCH3 is 1. The molecule has 3 rings (SSSR count). The van der Waals surface area contributed by atoms with Gasteiger partial charge in [0, 0.05) is 37.7 Å². The van der Waals surface area contributed by atoms with Crippen LogP contribution in [0.1, 0.15) is 24.3 Å². The van der Waals surface area contributed by atoms with Gasteiger partial charge >= 0.3 is 0 Å². The van der Waals surface area contributed by atoms with Gasteiger partial charge in [0.1, 0.15) is 16.4 Å². The third kappa shape index (κ3) is 3.88. The highest BCUT2D eigenvalue weighted by molar-refractivity contribution is 7.89. The first-order valence-electron chi connectivity index (χ1n) is 8.31. The summed E-state index contributed by atoms with van der Waals surface area (Å²) in [5.41, 5.74) is 1.23. The van der Waals surface area contributed by atoms with Gasteiger partial charge in [-0.2, -0.15) is 0 Å². The molecule has 1 aliphatic heterocycles. The van der Waals surface area contributed by atoms with Gasteiger partial charge in [0.05, 0.1) is 12.8 Å². The normalized spacial score (nSPS) is 14.8. The number of sulfonamides is 1. The number of anilines is 1. The zero-order valence-electron chi connectivity index (χ0n) is 14.7. The van der Waals surface area contributed by atoms with Gasteiger partial charge in [0.15, 0.2) is 0 Å². The molecule has 0 bridgehead atoms. The summed E-state index contributed by atoms with van der Waals surface area (Å²) >= 11 is 0. The minimum Gasteiger partial charge on any atom is -0.495 e. The van der Waals surface area contributed by atoms with Crippen LogP contribution in [0.3, 0.4) is 0 Å². The molecule has 1 saturated heterocycles. The van der Waals surface area contributed by atoms with E-state index in [0.717, 1.165) is 6.42 Å². The molecule has 1 N–H and O–H groups in total. The van der Waals surface area contributed by atoms with Crippen LogP contribution in [0, 0.1) is 6.92 Å². The summed E-state index contributed by atoms with van der Waals surface area (Å²) in [7, 11) is -2.40. The van der Waals surface area contributed by atoms with Crippen molar-refractivity contribution in [3.05, 3.63) is 35.7 Å². The van der Waals surface area contributed by atoms with Crippen molar-refractivity contribution in [3.63, 3.8) is 0 Å². The molecule has 1 aliphatic rings. The zero-order chi connectivity index (χ0) is 18.7. The maximum absolute atomic E-state index is 12.7. The maximum Gasteiger partial charge on any atom is 0.244 e. The number of ether oxygens (including phenoxy) is 1. The highest BCUT2D eigenvalue weighted by Gasteiger charge is 2.25. The van der Waals surface area contributed by atoms with Gasteiger partial charge in [-0.1, -0.05) is 5.16 Å². The summed E-state index contributed by atoms with van der Waals surface area (Å²) in [6.07, 6.45) is 1.65. The molecule has 0 atom stereocenters. The van der Waals surface area contributed by atoms with Crippen molar-refractivity contribution in [1.29, 1.82) is 0 Å². The molecule has 1 aromatic carbocycles. The van der Waals surface area contributed by atoms with Gasteiger partial charge < -0.3 is 14.2 Å². The van der Waals surface area contributed by atoms with E-state index in [0.29, 0.717) is 36.5 Å². The number of carbonyl (C=O) groups excluding carboxylic acids is 1. The molecule has 8 nitrogen and oxygen atoms in total. The van der Waals surface area contributed by atoms with Crippen molar-refractivity contribution >= 4 is 21.6 Å². The van der Waals surface area contributed by atoms with Crippen molar-refractivity contribution in [2.45, 2.75) is 31.1 Å². The second-order valence-corrected chi connectivity index (χ2v) is 7.80. The van der Waals surface area contributed by atoms with Crippen molar-refractivity contribution in [3.8, 4) is 5.75 Å². The molecule has 0 unspecified atom stereocenters. The molecular formula is C17H21N3O5S. The van der Waals surface area contributed by atoms with E-state index < -0.39 is 10.0 Å². The van der Waals surface area contributed by atoms with Crippen LogP contribution in [0.5, 0.6) is 5.75 Å². The van der Waals surface area contributed by atoms with Crippen LogP contribution < -0.4 is 14.4 Å². The van der Waals surface area contributed by atoms with Crippen molar-refractivity contribution in [2.75, 3.05) is 25.1 Å². The minimum atomic E-state index is -3.81. The molecule has 2 heterocycles. The Morgan fingerprint density at radius 2 is 2.15 bits per heavy atom. The number of nitrogens with zero attached hydrogens (tertiary/aromatic N) is 2. The molecule has 1 fully saturated rings. The first-order valence-corrected chi connectivity index (χ1v) is 9.79. The number of nitrogens with one attached hydrogen (secondary N) is 1. The van der Waals surface area contributed by atoms with Crippen LogP contribution in [0.25, 0.3) is 0 Å². The lowest BCUT2D eigenvalue weighted by molar-refractivity contribution is -0.117. The number of hydrogen-bond donors (Lipinski definition) is 1. The molecular weight excluding hydrogens is 358 g/mol. The largest absolute Gasteiger partial charge is 0.495 e. The fourth-order valence-corrected chi connectivity index (χ4v) is 4.11. The van der Waals surface area contributed by atoms with E-state index in [-0.39, 0.29) is 23.1 Å². The molecule has 26 heavy (non-hydrogen) atoms. The average Bonchev–Trinajstić information content (AvgIpc) is 3.22. The third-order valence-electron chi connectivity index (χ3n) is 4.17. The smallest absolute Gasteiger partial charge is 0.244 e. The van der Waals surface area contributed by atoms with Crippen molar-refractivity contribution in [1.82, 2.24) is 9.88 Å². The third-order valence-corrected chi connectivity index (χ3v) is 5.65. The van der Waals surface area contributed by atoms with Gasteiger partial charge in [-0.15, -0.1) is 0 Å². The van der Waals surface area contributed by atoms with Crippen molar-refractivity contribution in [2.24, 2.45) is 0 Å². The highest BCUT2D eigenvalue weighted by Crippen LogP contribution is 2.30. The Bertz CT molecular complexity index is 907. The van der Waals surface area contributed by atoms with Crippen LogP contribution in [-0.2, 0) is 21.2 Å². The zero-order valence-corrected chi connectivity index (χ0v) is 15.5. The Morgan fingerprint density at radius 3 is 2.77 bits per heavy atom. The van der Waals surface area contributed by atoms with Crippen molar-refractivity contribution < 1.29 is 22.5 Å². The van der Waals surface area contributed by atoms with Crippen LogP contribution in [0.4, 0.5) is 5.69 Å². The second-order valence-electron chi connectivity index (χ2n) is 6.06. The Morgan fingerprint density at radius 1 is 1.35 bits per heavy atom. The number of amides is 1. The fourth-order valence-electron chi connectivity index (χ4n) is 2.89. The molecule has 0 saturated carbocycles. The van der Waals surface area contributed by atoms with Gasteiger partial charge in [0.25, 0.3) is 0 Å². The molecule has 140 valence electrons. The lowest BCUT2D eigenvalue weighted by Gasteiger charge is -2.18. The summed E-state index contributed by atoms with van der Waals surface area (Å²) in [5, 5.41) is 3.84. The maximum atomic E-state index is 12.7. The molecule has 0 radical (unpaired) electrons. The van der Waals surface area contributed by atoms with E-state index in [1.165, 1.54) is 13.2 Å². The number of aryl methyl sites for hydroxylation is 1. The Labute approximate surface area is 152 Å². The van der Waals surface area contributed by atoms with E-state index in [2.05, 4.69) is 9.88 Å². The summed E-state index contributed by atoms with van der Waals surface area (Å²) in [6, 6.07) is 6.49. The monoisotopic (exact) mass is 379 g/mol. The lowest BCUT2D eigenvalue weighted by Crippen LogP contribution is -2.28. The summed E-state index contributed by atoms with van der Waals surface area (Å²) in [6.45, 7) is 2.53. The molecule has 0 spiro atoms. The first kappa shape index (κ1) is 18.4. The van der Waals surface area contributed by atoms with E-state index in [1.54, 1.807) is 30.0 Å². The number of hydrogen-bond acceptors (Lipinski definition) is 6. The summed E-state index contributed by atoms with van der Waals surface area (Å²) in [4.78, 5) is 13.5. The van der Waals surface area contributed by atoms with Crippen LogP contribution >= 0.6 is 0 Å². The topological polar surface area (TPSA) is 102 Å². The van der Waals surface area contributed by atoms with Gasteiger partial charge in [-0.05, 0) is 31.5 Å². The first-order chi connectivity index (χ1) is 12.4. The number of benzene rings is 1. The molecule has 9 heteroatoms. The number of carbonyl (C=O) groups is 1. The lowest BCUT2D eigenvalue weighted by atomic mass is 10.3. The van der Waals surface area contributed by atoms with Crippen LogP contribution in [0.2, 0.25) is 0 Å². The van der Waals surface area contributed by atoms with Gasteiger partial charge in [0.2, 0.25) is 15.9 Å². The van der Waals surface area contributed by atoms with E-state index in [9.17, 15) is 13.2 Å². The average molecular weight is 379 g/mol.